The molecule has 0 radical (unpaired) electrons. The maximum absolute atomic E-state index is 13.1. The van der Waals surface area contributed by atoms with Crippen LogP contribution in [0.4, 0.5) is 11.6 Å². The van der Waals surface area contributed by atoms with Gasteiger partial charge in [0, 0.05) is 18.7 Å². The molecule has 0 bridgehead atoms. The van der Waals surface area contributed by atoms with Gasteiger partial charge in [-0.25, -0.2) is 17.9 Å². The van der Waals surface area contributed by atoms with Gasteiger partial charge in [-0.3, -0.25) is 4.79 Å². The van der Waals surface area contributed by atoms with Crippen LogP contribution in [0.1, 0.15) is 34.5 Å². The van der Waals surface area contributed by atoms with Crippen LogP contribution in [0.15, 0.2) is 27.5 Å². The summed E-state index contributed by atoms with van der Waals surface area (Å²) in [6, 6.07) is 6.10. The Balaban J connectivity index is 2.05. The molecule has 30 heavy (non-hydrogen) atoms. The van der Waals surface area contributed by atoms with E-state index in [4.69, 9.17) is 9.15 Å². The quantitative estimate of drug-likeness (QED) is 0.684. The molecule has 0 aliphatic carbocycles. The SMILES string of the molecule is COC(=O)c1c(C)oc(NS(=O)(=O)c2cc(N3CCCC3=O)ccc2OC)c1C#N. The number of nitrogens with zero attached hydrogens (tertiary/aromatic N) is 2. The van der Waals surface area contributed by atoms with Crippen molar-refractivity contribution in [2.24, 2.45) is 0 Å². The smallest absolute Gasteiger partial charge is 0.342 e. The Morgan fingerprint density at radius 1 is 1.33 bits per heavy atom. The van der Waals surface area contributed by atoms with E-state index in [1.54, 1.807) is 12.1 Å². The average molecular weight is 433 g/mol. The van der Waals surface area contributed by atoms with Crippen LogP contribution in [-0.2, 0) is 19.6 Å². The number of furan rings is 1. The van der Waals surface area contributed by atoms with Crippen LogP contribution in [0, 0.1) is 18.3 Å². The Morgan fingerprint density at radius 3 is 2.63 bits per heavy atom. The van der Waals surface area contributed by atoms with Crippen LogP contribution in [0.25, 0.3) is 0 Å². The van der Waals surface area contributed by atoms with Crippen molar-refractivity contribution in [1.29, 1.82) is 5.26 Å². The van der Waals surface area contributed by atoms with Crippen molar-refractivity contribution in [3.05, 3.63) is 35.1 Å². The number of nitrogens with one attached hydrogen (secondary N) is 1. The molecule has 10 nitrogen and oxygen atoms in total. The Morgan fingerprint density at radius 2 is 2.07 bits per heavy atom. The van der Waals surface area contributed by atoms with E-state index in [0.717, 1.165) is 7.11 Å². The third-order valence-electron chi connectivity index (χ3n) is 4.63. The largest absolute Gasteiger partial charge is 0.495 e. The molecule has 0 unspecified atom stereocenters. The van der Waals surface area contributed by atoms with Gasteiger partial charge in [-0.05, 0) is 31.5 Å². The minimum atomic E-state index is -4.30. The van der Waals surface area contributed by atoms with Gasteiger partial charge in [-0.15, -0.1) is 0 Å². The third-order valence-corrected chi connectivity index (χ3v) is 5.99. The van der Waals surface area contributed by atoms with E-state index in [0.29, 0.717) is 25.1 Å². The first-order valence-electron chi connectivity index (χ1n) is 8.86. The van der Waals surface area contributed by atoms with Crippen LogP contribution in [0.2, 0.25) is 0 Å². The minimum absolute atomic E-state index is 0.0273. The number of amides is 1. The van der Waals surface area contributed by atoms with Crippen molar-refractivity contribution in [2.75, 3.05) is 30.4 Å². The van der Waals surface area contributed by atoms with Gasteiger partial charge < -0.3 is 18.8 Å². The molecule has 1 aromatic carbocycles. The van der Waals surface area contributed by atoms with Gasteiger partial charge in [-0.1, -0.05) is 0 Å². The van der Waals surface area contributed by atoms with Gasteiger partial charge in [0.25, 0.3) is 10.0 Å². The maximum Gasteiger partial charge on any atom is 0.342 e. The lowest BCUT2D eigenvalue weighted by Gasteiger charge is -2.18. The highest BCUT2D eigenvalue weighted by atomic mass is 32.2. The molecule has 2 heterocycles. The number of anilines is 2. The second-order valence-electron chi connectivity index (χ2n) is 6.43. The van der Waals surface area contributed by atoms with Crippen LogP contribution < -0.4 is 14.4 Å². The number of aryl methyl sites for hydroxylation is 1. The zero-order valence-electron chi connectivity index (χ0n) is 16.5. The molecular weight excluding hydrogens is 414 g/mol. The van der Waals surface area contributed by atoms with Crippen LogP contribution in [0.3, 0.4) is 0 Å². The zero-order valence-corrected chi connectivity index (χ0v) is 17.3. The molecule has 158 valence electrons. The summed E-state index contributed by atoms with van der Waals surface area (Å²) in [6.45, 7) is 1.89. The standard InChI is InChI=1S/C19H19N3O7S/c1-11-17(19(24)28-3)13(10-20)18(29-11)21-30(25,26)15-9-12(6-7-14(15)27-2)22-8-4-5-16(22)23/h6-7,9,21H,4-5,8H2,1-3H3. The highest BCUT2D eigenvalue weighted by Gasteiger charge is 2.30. The summed E-state index contributed by atoms with van der Waals surface area (Å²) in [7, 11) is -1.86. The van der Waals surface area contributed by atoms with Gasteiger partial charge in [0.2, 0.25) is 11.8 Å². The fourth-order valence-corrected chi connectivity index (χ4v) is 4.40. The van der Waals surface area contributed by atoms with E-state index in [1.165, 1.54) is 31.1 Å². The molecule has 0 atom stereocenters. The number of carbonyl (C=O) groups excluding carboxylic acids is 2. The molecule has 1 aromatic heterocycles. The lowest BCUT2D eigenvalue weighted by Crippen LogP contribution is -2.24. The number of sulfonamides is 1. The Bertz CT molecular complexity index is 1160. The predicted molar refractivity (Wildman–Crippen MR) is 105 cm³/mol. The van der Waals surface area contributed by atoms with Gasteiger partial charge in [-0.2, -0.15) is 5.26 Å². The molecule has 3 rings (SSSR count). The monoisotopic (exact) mass is 433 g/mol. The summed E-state index contributed by atoms with van der Waals surface area (Å²) in [5.74, 6) is -1.29. The zero-order chi connectivity index (χ0) is 22.1. The van der Waals surface area contributed by atoms with E-state index >= 15 is 0 Å². The summed E-state index contributed by atoms with van der Waals surface area (Å²) in [5, 5.41) is 9.42. The summed E-state index contributed by atoms with van der Waals surface area (Å²) in [6.07, 6.45) is 1.07. The van der Waals surface area contributed by atoms with E-state index in [2.05, 4.69) is 9.46 Å². The molecule has 11 heteroatoms. The van der Waals surface area contributed by atoms with Crippen LogP contribution in [0.5, 0.6) is 5.75 Å². The number of hydrogen-bond donors (Lipinski definition) is 1. The number of nitriles is 1. The fourth-order valence-electron chi connectivity index (χ4n) is 3.21. The highest BCUT2D eigenvalue weighted by molar-refractivity contribution is 7.92. The Kier molecular flexibility index (Phi) is 5.71. The van der Waals surface area contributed by atoms with E-state index in [-0.39, 0.29) is 33.4 Å². The average Bonchev–Trinajstić information content (AvgIpc) is 3.28. The Labute approximate surface area is 173 Å². The van der Waals surface area contributed by atoms with Crippen LogP contribution in [-0.4, -0.2) is 41.1 Å². The van der Waals surface area contributed by atoms with Crippen LogP contribution >= 0.6 is 0 Å². The number of carbonyl (C=O) groups is 2. The Hall–Kier alpha value is -3.52. The second kappa shape index (κ2) is 8.08. The topological polar surface area (TPSA) is 139 Å². The van der Waals surface area contributed by atoms with Gasteiger partial charge in [0.05, 0.1) is 14.2 Å². The highest BCUT2D eigenvalue weighted by Crippen LogP contribution is 2.34. The number of esters is 1. The van der Waals surface area contributed by atoms with Gasteiger partial charge in [0.15, 0.2) is 0 Å². The fraction of sp³-hybridized carbons (Fsp3) is 0.316. The molecule has 0 saturated carbocycles. The van der Waals surface area contributed by atoms with Gasteiger partial charge >= 0.3 is 5.97 Å². The summed E-state index contributed by atoms with van der Waals surface area (Å²) in [4.78, 5) is 25.2. The maximum atomic E-state index is 13.1. The van der Waals surface area contributed by atoms with Crippen molar-refractivity contribution in [2.45, 2.75) is 24.7 Å². The molecule has 1 amide bonds. The number of methoxy groups -OCH3 is 2. The molecule has 1 aliphatic rings. The summed E-state index contributed by atoms with van der Waals surface area (Å²) >= 11 is 0. The minimum Gasteiger partial charge on any atom is -0.495 e. The van der Waals surface area contributed by atoms with E-state index < -0.39 is 21.9 Å². The lowest BCUT2D eigenvalue weighted by molar-refractivity contribution is -0.117. The van der Waals surface area contributed by atoms with Crippen molar-refractivity contribution in [3.8, 4) is 11.8 Å². The normalized spacial score (nSPS) is 13.8. The van der Waals surface area contributed by atoms with Crippen molar-refractivity contribution < 1.29 is 31.9 Å². The van der Waals surface area contributed by atoms with Gasteiger partial charge in [0.1, 0.15) is 33.6 Å². The molecule has 1 aliphatic heterocycles. The molecule has 1 fully saturated rings. The lowest BCUT2D eigenvalue weighted by atomic mass is 10.1. The van der Waals surface area contributed by atoms with Crippen molar-refractivity contribution >= 4 is 33.5 Å². The first kappa shape index (κ1) is 21.2. The summed E-state index contributed by atoms with van der Waals surface area (Å²) < 4.78 is 43.4. The summed E-state index contributed by atoms with van der Waals surface area (Å²) in [5.41, 5.74) is -0.0566. The van der Waals surface area contributed by atoms with Crippen molar-refractivity contribution in [3.63, 3.8) is 0 Å². The number of rotatable bonds is 6. The number of ether oxygens (including phenoxy) is 2. The first-order valence-corrected chi connectivity index (χ1v) is 10.3. The van der Waals surface area contributed by atoms with E-state index in [9.17, 15) is 23.3 Å². The molecule has 0 spiro atoms. The first-order chi connectivity index (χ1) is 14.2. The molecule has 1 saturated heterocycles. The molecular formula is C19H19N3O7S. The molecule has 2 aromatic rings. The molecule has 1 N–H and O–H groups in total. The predicted octanol–water partition coefficient (Wildman–Crippen LogP) is 2.18. The van der Waals surface area contributed by atoms with E-state index in [1.807, 2.05) is 0 Å². The number of hydrogen-bond acceptors (Lipinski definition) is 8. The second-order valence-corrected chi connectivity index (χ2v) is 8.08. The third kappa shape index (κ3) is 3.69. The van der Waals surface area contributed by atoms with Crippen molar-refractivity contribution in [1.82, 2.24) is 0 Å². The number of benzene rings is 1.